The van der Waals surface area contributed by atoms with Crippen molar-refractivity contribution in [1.29, 1.82) is 0 Å². The summed E-state index contributed by atoms with van der Waals surface area (Å²) in [6.07, 6.45) is 6.28. The number of aromatic nitrogens is 1. The van der Waals surface area contributed by atoms with E-state index in [1.54, 1.807) is 32.1 Å². The predicted molar refractivity (Wildman–Crippen MR) is 132 cm³/mol. The number of carbonyl (C=O) groups excluding carboxylic acids is 2. The number of allylic oxidation sites excluding steroid dienone is 1. The second-order valence-corrected chi connectivity index (χ2v) is 10.9. The van der Waals surface area contributed by atoms with E-state index in [1.807, 2.05) is 38.3 Å². The van der Waals surface area contributed by atoms with Crippen molar-refractivity contribution in [2.75, 3.05) is 0 Å². The molecular formula is C26H39NO5S. The van der Waals surface area contributed by atoms with Gasteiger partial charge in [0.1, 0.15) is 11.9 Å². The lowest BCUT2D eigenvalue weighted by atomic mass is 9.73. The first-order valence-electron chi connectivity index (χ1n) is 11.8. The molecule has 1 aromatic rings. The van der Waals surface area contributed by atoms with Crippen LogP contribution in [-0.2, 0) is 14.3 Å². The number of ketones is 1. The molecule has 5 atom stereocenters. The predicted octanol–water partition coefficient (Wildman–Crippen LogP) is 4.88. The lowest BCUT2D eigenvalue weighted by molar-refractivity contribution is -0.154. The van der Waals surface area contributed by atoms with Crippen LogP contribution in [0.4, 0.5) is 0 Å². The Bertz CT molecular complexity index is 872. The first-order valence-corrected chi connectivity index (χ1v) is 12.7. The third-order valence-electron chi connectivity index (χ3n) is 6.68. The number of nitrogens with zero attached hydrogens (tertiary/aromatic N) is 1. The molecule has 0 radical (unpaired) electrons. The number of hydrogen-bond donors (Lipinski definition) is 2. The Hall–Kier alpha value is -1.83. The molecule has 0 aromatic carbocycles. The van der Waals surface area contributed by atoms with Gasteiger partial charge in [0.05, 0.1) is 34.7 Å². The molecule has 0 spiro atoms. The van der Waals surface area contributed by atoms with Gasteiger partial charge in [-0.1, -0.05) is 39.8 Å². The van der Waals surface area contributed by atoms with Gasteiger partial charge in [-0.05, 0) is 50.7 Å². The molecule has 6 nitrogen and oxygen atoms in total. The highest BCUT2D eigenvalue weighted by molar-refractivity contribution is 7.09. The van der Waals surface area contributed by atoms with Gasteiger partial charge in [-0.15, -0.1) is 11.3 Å². The van der Waals surface area contributed by atoms with Crippen molar-refractivity contribution < 1.29 is 24.5 Å². The van der Waals surface area contributed by atoms with Crippen molar-refractivity contribution in [2.24, 2.45) is 17.3 Å². The molecule has 184 valence electrons. The van der Waals surface area contributed by atoms with Gasteiger partial charge in [-0.2, -0.15) is 0 Å². The number of hydrogen-bond acceptors (Lipinski definition) is 7. The van der Waals surface area contributed by atoms with Crippen LogP contribution in [0.1, 0.15) is 77.4 Å². The molecule has 0 amide bonds. The summed E-state index contributed by atoms with van der Waals surface area (Å²) in [6, 6.07) is 0. The molecular weight excluding hydrogens is 438 g/mol. The highest BCUT2D eigenvalue weighted by Crippen LogP contribution is 2.32. The van der Waals surface area contributed by atoms with Gasteiger partial charge >= 0.3 is 5.97 Å². The van der Waals surface area contributed by atoms with E-state index in [-0.39, 0.29) is 18.1 Å². The van der Waals surface area contributed by atoms with E-state index in [0.29, 0.717) is 6.42 Å². The number of ether oxygens (including phenoxy) is 1. The van der Waals surface area contributed by atoms with Crippen molar-refractivity contribution in [1.82, 2.24) is 4.98 Å². The molecule has 1 aliphatic rings. The first kappa shape index (κ1) is 27.4. The zero-order valence-electron chi connectivity index (χ0n) is 20.7. The topological polar surface area (TPSA) is 96.7 Å². The smallest absolute Gasteiger partial charge is 0.309 e. The van der Waals surface area contributed by atoms with Crippen molar-refractivity contribution in [2.45, 2.75) is 92.0 Å². The summed E-state index contributed by atoms with van der Waals surface area (Å²) in [5, 5.41) is 24.4. The third kappa shape index (κ3) is 7.59. The number of aliphatic hydroxyl groups is 2. The van der Waals surface area contributed by atoms with Gasteiger partial charge in [0.25, 0.3) is 0 Å². The van der Waals surface area contributed by atoms with Crippen LogP contribution in [0.3, 0.4) is 0 Å². The average Bonchev–Trinajstić information content (AvgIpc) is 3.16. The highest BCUT2D eigenvalue weighted by atomic mass is 32.1. The van der Waals surface area contributed by atoms with Crippen LogP contribution in [0.5, 0.6) is 0 Å². The van der Waals surface area contributed by atoms with E-state index in [9.17, 15) is 19.8 Å². The maximum atomic E-state index is 13.1. The Morgan fingerprint density at radius 3 is 2.58 bits per heavy atom. The zero-order valence-corrected chi connectivity index (χ0v) is 21.5. The fraction of sp³-hybridized carbons (Fsp3) is 0.654. The molecule has 0 fully saturated rings. The van der Waals surface area contributed by atoms with Crippen LogP contribution in [-0.4, -0.2) is 45.3 Å². The Morgan fingerprint density at radius 1 is 1.24 bits per heavy atom. The highest BCUT2D eigenvalue weighted by Gasteiger charge is 2.42. The van der Waals surface area contributed by atoms with E-state index in [0.717, 1.165) is 35.5 Å². The van der Waals surface area contributed by atoms with Gasteiger partial charge < -0.3 is 14.9 Å². The summed E-state index contributed by atoms with van der Waals surface area (Å²) < 4.78 is 5.75. The van der Waals surface area contributed by atoms with Crippen molar-refractivity contribution in [3.63, 3.8) is 0 Å². The quantitative estimate of drug-likeness (QED) is 0.466. The molecule has 0 saturated heterocycles. The van der Waals surface area contributed by atoms with Crippen LogP contribution in [0.2, 0.25) is 0 Å². The largest absolute Gasteiger partial charge is 0.457 e. The Labute approximate surface area is 201 Å². The van der Waals surface area contributed by atoms with Crippen LogP contribution in [0, 0.1) is 24.2 Å². The van der Waals surface area contributed by atoms with Gasteiger partial charge in [0, 0.05) is 17.7 Å². The maximum absolute atomic E-state index is 13.1. The molecule has 2 heterocycles. The van der Waals surface area contributed by atoms with Crippen molar-refractivity contribution in [3.8, 4) is 0 Å². The number of esters is 1. The summed E-state index contributed by atoms with van der Waals surface area (Å²) in [5.41, 5.74) is 0.513. The minimum absolute atomic E-state index is 0.0392. The molecule has 2 rings (SSSR count). The zero-order chi connectivity index (χ0) is 24.8. The molecule has 0 unspecified atom stereocenters. The number of aliphatic hydroxyl groups excluding tert-OH is 2. The lowest BCUT2D eigenvalue weighted by Gasteiger charge is -2.34. The van der Waals surface area contributed by atoms with E-state index in [2.05, 4.69) is 11.1 Å². The van der Waals surface area contributed by atoms with E-state index < -0.39 is 35.6 Å². The van der Waals surface area contributed by atoms with Gasteiger partial charge in [0.15, 0.2) is 0 Å². The summed E-state index contributed by atoms with van der Waals surface area (Å²) in [4.78, 5) is 30.3. The van der Waals surface area contributed by atoms with Crippen LogP contribution in [0.25, 0.3) is 6.08 Å². The number of aryl methyl sites for hydroxylation is 1. The van der Waals surface area contributed by atoms with Crippen molar-refractivity contribution >= 4 is 29.2 Å². The maximum Gasteiger partial charge on any atom is 0.309 e. The van der Waals surface area contributed by atoms with Crippen LogP contribution in [0.15, 0.2) is 23.1 Å². The fourth-order valence-electron chi connectivity index (χ4n) is 4.18. The lowest BCUT2D eigenvalue weighted by Crippen LogP contribution is -2.45. The molecule has 0 bridgehead atoms. The Morgan fingerprint density at radius 2 is 1.94 bits per heavy atom. The molecule has 1 aromatic heterocycles. The second kappa shape index (κ2) is 12.0. The van der Waals surface area contributed by atoms with Gasteiger partial charge in [-0.3, -0.25) is 9.59 Å². The van der Waals surface area contributed by atoms with E-state index >= 15 is 0 Å². The third-order valence-corrected chi connectivity index (χ3v) is 7.47. The number of Topliss-reactive ketones (excluding diaryl/α,β-unsaturated/α-hetero) is 1. The summed E-state index contributed by atoms with van der Waals surface area (Å²) in [5.74, 6) is -1.48. The van der Waals surface area contributed by atoms with Crippen LogP contribution < -0.4 is 0 Å². The molecule has 2 N–H and O–H groups in total. The fourth-order valence-corrected chi connectivity index (χ4v) is 4.75. The normalized spacial score (nSPS) is 31.8. The SMILES string of the molecule is C/C(=C\c1csc(C)n1)[C@@H]1C/C=C\CCC[C@@H](C)[C@@H](O)[C@@H](C)C(=O)C(C)(C)[C@@H](O)CC(=O)O1. The average molecular weight is 478 g/mol. The minimum Gasteiger partial charge on any atom is -0.457 e. The van der Waals surface area contributed by atoms with E-state index in [4.69, 9.17) is 4.74 Å². The molecule has 33 heavy (non-hydrogen) atoms. The Kier molecular flexibility index (Phi) is 10.0. The minimum atomic E-state index is -1.21. The number of thiazole rings is 1. The molecule has 7 heteroatoms. The second-order valence-electron chi connectivity index (χ2n) is 9.86. The van der Waals surface area contributed by atoms with Crippen LogP contribution >= 0.6 is 11.3 Å². The Balaban J connectivity index is 2.27. The van der Waals surface area contributed by atoms with Crippen molar-refractivity contribution in [3.05, 3.63) is 33.8 Å². The standard InChI is InChI=1S/C26H39NO5S/c1-16-11-9-7-8-10-12-21(17(2)13-20-15-33-19(4)27-20)32-23(29)14-22(28)26(5,6)25(31)18(3)24(16)30/h8,10,13,15-16,18,21-22,24,28,30H,7,9,11-12,14H2,1-6H3/b10-8-,17-13+/t16-,18-,21+,22+,24-/m1/s1. The number of carbonyl (C=O) groups is 2. The van der Waals surface area contributed by atoms with Gasteiger partial charge in [0.2, 0.25) is 0 Å². The number of rotatable bonds is 2. The summed E-state index contributed by atoms with van der Waals surface area (Å²) in [6.45, 7) is 10.8. The summed E-state index contributed by atoms with van der Waals surface area (Å²) in [7, 11) is 0. The molecule has 1 aliphatic heterocycles. The first-order chi connectivity index (χ1) is 15.4. The van der Waals surface area contributed by atoms with Gasteiger partial charge in [-0.25, -0.2) is 4.98 Å². The molecule has 0 aliphatic carbocycles. The molecule has 0 saturated carbocycles. The number of cyclic esters (lactones) is 1. The van der Waals surface area contributed by atoms with E-state index in [1.165, 1.54) is 0 Å². The summed E-state index contributed by atoms with van der Waals surface area (Å²) >= 11 is 1.56. The monoisotopic (exact) mass is 477 g/mol.